The first-order chi connectivity index (χ1) is 10.5. The molecule has 0 radical (unpaired) electrons. The average Bonchev–Trinajstić information content (AvgIpc) is 2.52. The standard InChI is InChI=1S/C15H18N2O5/c1-11-4-2-3-7-16(11)15(19)10-22-14-6-5-12(9-18)8-13(14)17(20)21/h5-6,8-9,11H,2-4,7,10H2,1H3/t11-/m0/s1. The summed E-state index contributed by atoms with van der Waals surface area (Å²) in [5, 5.41) is 11.0. The topological polar surface area (TPSA) is 89.8 Å². The molecule has 22 heavy (non-hydrogen) atoms. The lowest BCUT2D eigenvalue weighted by Crippen LogP contribution is -2.44. The van der Waals surface area contributed by atoms with Gasteiger partial charge in [-0.25, -0.2) is 0 Å². The summed E-state index contributed by atoms with van der Waals surface area (Å²) in [6.07, 6.45) is 3.55. The SMILES string of the molecule is C[C@H]1CCCCN1C(=O)COc1ccc(C=O)cc1[N+](=O)[O-]. The van der Waals surface area contributed by atoms with Gasteiger partial charge in [0.05, 0.1) is 4.92 Å². The summed E-state index contributed by atoms with van der Waals surface area (Å²) in [4.78, 5) is 35.0. The number of carbonyl (C=O) groups excluding carboxylic acids is 2. The highest BCUT2D eigenvalue weighted by molar-refractivity contribution is 5.79. The van der Waals surface area contributed by atoms with Crippen LogP contribution in [0.4, 0.5) is 5.69 Å². The van der Waals surface area contributed by atoms with Crippen LogP contribution in [0.3, 0.4) is 0 Å². The zero-order valence-electron chi connectivity index (χ0n) is 12.4. The Morgan fingerprint density at radius 1 is 1.50 bits per heavy atom. The van der Waals surface area contributed by atoms with Crippen LogP contribution in [0.25, 0.3) is 0 Å². The van der Waals surface area contributed by atoms with Crippen molar-refractivity contribution in [1.82, 2.24) is 4.90 Å². The maximum Gasteiger partial charge on any atom is 0.311 e. The maximum absolute atomic E-state index is 12.2. The van der Waals surface area contributed by atoms with E-state index in [1.54, 1.807) is 4.90 Å². The molecule has 0 unspecified atom stereocenters. The molecule has 1 aliphatic heterocycles. The predicted octanol–water partition coefficient (Wildman–Crippen LogP) is 2.19. The van der Waals surface area contributed by atoms with E-state index < -0.39 is 4.92 Å². The number of nitro groups is 1. The molecule has 1 aliphatic rings. The molecule has 0 aromatic heterocycles. The molecule has 0 N–H and O–H groups in total. The normalized spacial score (nSPS) is 17.9. The third kappa shape index (κ3) is 3.60. The molecular weight excluding hydrogens is 288 g/mol. The number of ether oxygens (including phenoxy) is 1. The monoisotopic (exact) mass is 306 g/mol. The Balaban J connectivity index is 2.06. The van der Waals surface area contributed by atoms with Crippen molar-refractivity contribution in [3.05, 3.63) is 33.9 Å². The van der Waals surface area contributed by atoms with E-state index in [2.05, 4.69) is 0 Å². The molecular formula is C15H18N2O5. The van der Waals surface area contributed by atoms with Crippen molar-refractivity contribution in [2.45, 2.75) is 32.2 Å². The number of nitro benzene ring substituents is 1. The number of benzene rings is 1. The van der Waals surface area contributed by atoms with Gasteiger partial charge in [0.15, 0.2) is 12.4 Å². The van der Waals surface area contributed by atoms with Crippen LogP contribution < -0.4 is 4.74 Å². The number of hydrogen-bond acceptors (Lipinski definition) is 5. The maximum atomic E-state index is 12.2. The lowest BCUT2D eigenvalue weighted by atomic mass is 10.0. The Hall–Kier alpha value is -2.44. The fourth-order valence-electron chi connectivity index (χ4n) is 2.56. The van der Waals surface area contributed by atoms with E-state index in [9.17, 15) is 19.7 Å². The first kappa shape index (κ1) is 15.9. The summed E-state index contributed by atoms with van der Waals surface area (Å²) in [5.41, 5.74) is -0.126. The van der Waals surface area contributed by atoms with Crippen molar-refractivity contribution >= 4 is 17.9 Å². The van der Waals surface area contributed by atoms with Gasteiger partial charge in [-0.1, -0.05) is 0 Å². The van der Waals surface area contributed by atoms with E-state index >= 15 is 0 Å². The van der Waals surface area contributed by atoms with Gasteiger partial charge in [-0.05, 0) is 38.3 Å². The molecule has 0 aliphatic carbocycles. The number of piperidine rings is 1. The fraction of sp³-hybridized carbons (Fsp3) is 0.467. The molecule has 1 saturated heterocycles. The van der Waals surface area contributed by atoms with E-state index in [0.29, 0.717) is 12.8 Å². The van der Waals surface area contributed by atoms with Gasteiger partial charge in [0.2, 0.25) is 0 Å². The van der Waals surface area contributed by atoms with Gasteiger partial charge >= 0.3 is 5.69 Å². The average molecular weight is 306 g/mol. The number of rotatable bonds is 5. The van der Waals surface area contributed by atoms with Gasteiger partial charge in [-0.2, -0.15) is 0 Å². The first-order valence-corrected chi connectivity index (χ1v) is 7.19. The lowest BCUT2D eigenvalue weighted by Gasteiger charge is -2.33. The van der Waals surface area contributed by atoms with Crippen molar-refractivity contribution < 1.29 is 19.2 Å². The van der Waals surface area contributed by atoms with E-state index in [1.165, 1.54) is 12.1 Å². The quantitative estimate of drug-likeness (QED) is 0.472. The van der Waals surface area contributed by atoms with Crippen LogP contribution in [0.1, 0.15) is 36.5 Å². The molecule has 1 heterocycles. The van der Waals surface area contributed by atoms with Crippen LogP contribution in [-0.4, -0.2) is 41.2 Å². The third-order valence-electron chi connectivity index (χ3n) is 3.79. The molecule has 1 aromatic rings. The van der Waals surface area contributed by atoms with Crippen LogP contribution >= 0.6 is 0 Å². The first-order valence-electron chi connectivity index (χ1n) is 7.19. The highest BCUT2D eigenvalue weighted by Gasteiger charge is 2.24. The van der Waals surface area contributed by atoms with Crippen molar-refractivity contribution in [3.63, 3.8) is 0 Å². The van der Waals surface area contributed by atoms with Crippen LogP contribution in [0.2, 0.25) is 0 Å². The number of nitrogens with zero attached hydrogens (tertiary/aromatic N) is 2. The van der Waals surface area contributed by atoms with Crippen molar-refractivity contribution in [2.75, 3.05) is 13.2 Å². The number of likely N-dealkylation sites (tertiary alicyclic amines) is 1. The molecule has 1 aromatic carbocycles. The van der Waals surface area contributed by atoms with Gasteiger partial charge in [-0.3, -0.25) is 19.7 Å². The van der Waals surface area contributed by atoms with Gasteiger partial charge < -0.3 is 9.64 Å². The molecule has 1 fully saturated rings. The minimum absolute atomic E-state index is 0.00591. The highest BCUT2D eigenvalue weighted by atomic mass is 16.6. The molecule has 0 bridgehead atoms. The summed E-state index contributed by atoms with van der Waals surface area (Å²) in [6, 6.07) is 4.06. The number of aldehydes is 1. The molecule has 118 valence electrons. The summed E-state index contributed by atoms with van der Waals surface area (Å²) in [7, 11) is 0. The van der Waals surface area contributed by atoms with Crippen molar-refractivity contribution in [1.29, 1.82) is 0 Å². The van der Waals surface area contributed by atoms with E-state index in [0.717, 1.165) is 25.3 Å². The highest BCUT2D eigenvalue weighted by Crippen LogP contribution is 2.27. The van der Waals surface area contributed by atoms with Gasteiger partial charge in [0, 0.05) is 24.2 Å². The van der Waals surface area contributed by atoms with Gasteiger partial charge in [-0.15, -0.1) is 0 Å². The van der Waals surface area contributed by atoms with Crippen LogP contribution in [0.15, 0.2) is 18.2 Å². The predicted molar refractivity (Wildman–Crippen MR) is 79.0 cm³/mol. The van der Waals surface area contributed by atoms with Crippen molar-refractivity contribution in [2.24, 2.45) is 0 Å². The molecule has 0 saturated carbocycles. The van der Waals surface area contributed by atoms with Gasteiger partial charge in [0.1, 0.15) is 6.29 Å². The lowest BCUT2D eigenvalue weighted by molar-refractivity contribution is -0.385. The molecule has 7 heteroatoms. The molecule has 2 rings (SSSR count). The second kappa shape index (κ2) is 7.02. The smallest absolute Gasteiger partial charge is 0.311 e. The summed E-state index contributed by atoms with van der Waals surface area (Å²) >= 11 is 0. The van der Waals surface area contributed by atoms with Gasteiger partial charge in [0.25, 0.3) is 5.91 Å². The van der Waals surface area contributed by atoms with E-state index in [1.807, 2.05) is 6.92 Å². The van der Waals surface area contributed by atoms with Crippen LogP contribution in [0.5, 0.6) is 5.75 Å². The molecule has 0 spiro atoms. The summed E-state index contributed by atoms with van der Waals surface area (Å²) < 4.78 is 5.31. The fourth-order valence-corrected chi connectivity index (χ4v) is 2.56. The Morgan fingerprint density at radius 2 is 2.27 bits per heavy atom. The second-order valence-corrected chi connectivity index (χ2v) is 5.32. The Morgan fingerprint density at radius 3 is 2.91 bits per heavy atom. The zero-order chi connectivity index (χ0) is 16.1. The molecule has 1 amide bonds. The Labute approximate surface area is 128 Å². The number of hydrogen-bond donors (Lipinski definition) is 0. The third-order valence-corrected chi connectivity index (χ3v) is 3.79. The van der Waals surface area contributed by atoms with Crippen LogP contribution in [-0.2, 0) is 4.79 Å². The molecule has 7 nitrogen and oxygen atoms in total. The Kier molecular flexibility index (Phi) is 5.08. The summed E-state index contributed by atoms with van der Waals surface area (Å²) in [5.74, 6) is -0.186. The van der Waals surface area contributed by atoms with E-state index in [4.69, 9.17) is 4.74 Å². The largest absolute Gasteiger partial charge is 0.477 e. The molecule has 1 atom stereocenters. The number of carbonyl (C=O) groups is 2. The second-order valence-electron chi connectivity index (χ2n) is 5.32. The number of amides is 1. The Bertz CT molecular complexity index is 587. The minimum Gasteiger partial charge on any atom is -0.477 e. The van der Waals surface area contributed by atoms with Crippen molar-refractivity contribution in [3.8, 4) is 5.75 Å². The van der Waals surface area contributed by atoms with E-state index in [-0.39, 0.29) is 35.6 Å². The zero-order valence-corrected chi connectivity index (χ0v) is 12.4. The van der Waals surface area contributed by atoms with Crippen LogP contribution in [0, 0.1) is 10.1 Å². The summed E-state index contributed by atoms with van der Waals surface area (Å²) in [6.45, 7) is 2.43. The minimum atomic E-state index is -0.629.